The van der Waals surface area contributed by atoms with Crippen LogP contribution < -0.4 is 10.6 Å². The van der Waals surface area contributed by atoms with E-state index >= 15 is 0 Å². The number of rotatable bonds is 6. The van der Waals surface area contributed by atoms with Crippen molar-refractivity contribution in [1.82, 2.24) is 10.3 Å². The van der Waals surface area contributed by atoms with Crippen LogP contribution in [0.2, 0.25) is 0 Å². The summed E-state index contributed by atoms with van der Waals surface area (Å²) in [6, 6.07) is 7.44. The molecule has 0 saturated carbocycles. The molecule has 0 spiro atoms. The largest absolute Gasteiger partial charge is 0.377 e. The molecule has 124 valence electrons. The van der Waals surface area contributed by atoms with Gasteiger partial charge in [-0.25, -0.2) is 9.78 Å². The summed E-state index contributed by atoms with van der Waals surface area (Å²) in [5.41, 5.74) is 2.80. The highest BCUT2D eigenvalue weighted by atomic mass is 32.1. The molecule has 0 aliphatic rings. The van der Waals surface area contributed by atoms with E-state index in [0.29, 0.717) is 6.54 Å². The standard InChI is InChI=1S/C17H23N3O2S/c1-11(16-19-12(2)10-23-16)9-18-17(21)20-15-7-5-6-14(8-15)13(3)22-4/h5-8,10-11,13H,9H2,1-4H3,(H2,18,20,21)/t11-,13+/m1/s1. The van der Waals surface area contributed by atoms with E-state index in [4.69, 9.17) is 4.74 Å². The van der Waals surface area contributed by atoms with Gasteiger partial charge in [-0.15, -0.1) is 11.3 Å². The molecule has 0 radical (unpaired) electrons. The number of thiazole rings is 1. The number of urea groups is 1. The lowest BCUT2D eigenvalue weighted by Gasteiger charge is -2.13. The van der Waals surface area contributed by atoms with Crippen molar-refractivity contribution in [3.8, 4) is 0 Å². The normalized spacial score (nSPS) is 13.4. The zero-order chi connectivity index (χ0) is 16.8. The van der Waals surface area contributed by atoms with Crippen molar-refractivity contribution in [3.63, 3.8) is 0 Å². The number of anilines is 1. The highest BCUT2D eigenvalue weighted by Crippen LogP contribution is 2.20. The molecule has 1 aromatic carbocycles. The molecule has 6 heteroatoms. The third-order valence-corrected chi connectivity index (χ3v) is 4.79. The minimum Gasteiger partial charge on any atom is -0.377 e. The lowest BCUT2D eigenvalue weighted by Crippen LogP contribution is -2.31. The van der Waals surface area contributed by atoms with Crippen molar-refractivity contribution in [2.45, 2.75) is 32.8 Å². The zero-order valence-corrected chi connectivity index (χ0v) is 14.7. The minimum absolute atomic E-state index is 0.00650. The molecule has 0 saturated heterocycles. The van der Waals surface area contributed by atoms with Crippen molar-refractivity contribution in [3.05, 3.63) is 45.9 Å². The van der Waals surface area contributed by atoms with Gasteiger partial charge < -0.3 is 15.4 Å². The molecule has 1 aromatic heterocycles. The fraction of sp³-hybridized carbons (Fsp3) is 0.412. The molecule has 0 bridgehead atoms. The molecule has 2 amide bonds. The average molecular weight is 333 g/mol. The average Bonchev–Trinajstić information content (AvgIpc) is 2.98. The van der Waals surface area contributed by atoms with Crippen molar-refractivity contribution < 1.29 is 9.53 Å². The Labute approximate surface area is 141 Å². The Bertz CT molecular complexity index is 657. The van der Waals surface area contributed by atoms with Crippen LogP contribution in [0.5, 0.6) is 0 Å². The fourth-order valence-electron chi connectivity index (χ4n) is 2.11. The highest BCUT2D eigenvalue weighted by molar-refractivity contribution is 7.09. The Morgan fingerprint density at radius 2 is 2.17 bits per heavy atom. The van der Waals surface area contributed by atoms with Crippen LogP contribution in [0.1, 0.15) is 42.1 Å². The van der Waals surface area contributed by atoms with E-state index in [1.807, 2.05) is 43.5 Å². The monoisotopic (exact) mass is 333 g/mol. The van der Waals surface area contributed by atoms with Gasteiger partial charge in [0.05, 0.1) is 11.1 Å². The molecule has 23 heavy (non-hydrogen) atoms. The van der Waals surface area contributed by atoms with E-state index in [0.717, 1.165) is 22.0 Å². The number of methoxy groups -OCH3 is 1. The second-order valence-corrected chi connectivity index (χ2v) is 6.46. The van der Waals surface area contributed by atoms with E-state index in [9.17, 15) is 4.79 Å². The first-order valence-corrected chi connectivity index (χ1v) is 8.47. The molecule has 0 fully saturated rings. The third kappa shape index (κ3) is 5.04. The number of carbonyl (C=O) groups is 1. The summed E-state index contributed by atoms with van der Waals surface area (Å²) in [5, 5.41) is 8.80. The minimum atomic E-state index is -0.215. The summed E-state index contributed by atoms with van der Waals surface area (Å²) >= 11 is 1.62. The smallest absolute Gasteiger partial charge is 0.319 e. The summed E-state index contributed by atoms with van der Waals surface area (Å²) in [7, 11) is 1.67. The van der Waals surface area contributed by atoms with Crippen LogP contribution in [0.3, 0.4) is 0 Å². The van der Waals surface area contributed by atoms with Gasteiger partial charge in [-0.05, 0) is 31.5 Å². The molecule has 2 atom stereocenters. The Kier molecular flexibility index (Phi) is 6.12. The van der Waals surface area contributed by atoms with E-state index in [1.165, 1.54) is 0 Å². The molecule has 0 unspecified atom stereocenters. The quantitative estimate of drug-likeness (QED) is 0.837. The maximum Gasteiger partial charge on any atom is 0.319 e. The second-order valence-electron chi connectivity index (χ2n) is 5.57. The van der Waals surface area contributed by atoms with Gasteiger partial charge in [0.2, 0.25) is 0 Å². The first-order chi connectivity index (χ1) is 11.0. The van der Waals surface area contributed by atoms with Gasteiger partial charge in [0.1, 0.15) is 0 Å². The van der Waals surface area contributed by atoms with Crippen LogP contribution in [0.4, 0.5) is 10.5 Å². The Morgan fingerprint density at radius 3 is 2.83 bits per heavy atom. The number of hydrogen-bond donors (Lipinski definition) is 2. The van der Waals surface area contributed by atoms with Crippen molar-refractivity contribution in [1.29, 1.82) is 0 Å². The molecule has 0 aliphatic heterocycles. The molecular formula is C17H23N3O2S. The van der Waals surface area contributed by atoms with E-state index in [-0.39, 0.29) is 18.1 Å². The van der Waals surface area contributed by atoms with Crippen LogP contribution >= 0.6 is 11.3 Å². The third-order valence-electron chi connectivity index (χ3n) is 3.59. The van der Waals surface area contributed by atoms with Gasteiger partial charge in [0, 0.05) is 36.3 Å². The number of nitrogens with zero attached hydrogens (tertiary/aromatic N) is 1. The summed E-state index contributed by atoms with van der Waals surface area (Å²) in [6.45, 7) is 6.55. The second kappa shape index (κ2) is 8.08. The summed E-state index contributed by atoms with van der Waals surface area (Å²) < 4.78 is 5.29. The molecule has 2 rings (SSSR count). The number of carbonyl (C=O) groups excluding carboxylic acids is 1. The van der Waals surface area contributed by atoms with E-state index in [1.54, 1.807) is 18.4 Å². The van der Waals surface area contributed by atoms with E-state index < -0.39 is 0 Å². The Morgan fingerprint density at radius 1 is 1.39 bits per heavy atom. The predicted molar refractivity (Wildman–Crippen MR) is 94.2 cm³/mol. The van der Waals surface area contributed by atoms with Crippen molar-refractivity contribution in [2.75, 3.05) is 19.0 Å². The van der Waals surface area contributed by atoms with Crippen LogP contribution in [-0.2, 0) is 4.74 Å². The van der Waals surface area contributed by atoms with Gasteiger partial charge in [-0.3, -0.25) is 0 Å². The van der Waals surface area contributed by atoms with Crippen LogP contribution in [-0.4, -0.2) is 24.7 Å². The van der Waals surface area contributed by atoms with Crippen LogP contribution in [0.25, 0.3) is 0 Å². The maximum absolute atomic E-state index is 12.0. The molecule has 2 aromatic rings. The van der Waals surface area contributed by atoms with Gasteiger partial charge >= 0.3 is 6.03 Å². The molecular weight excluding hydrogens is 310 g/mol. The number of aromatic nitrogens is 1. The van der Waals surface area contributed by atoms with Crippen LogP contribution in [0, 0.1) is 6.92 Å². The van der Waals surface area contributed by atoms with Crippen molar-refractivity contribution in [2.24, 2.45) is 0 Å². The fourth-order valence-corrected chi connectivity index (χ4v) is 2.97. The topological polar surface area (TPSA) is 63.2 Å². The van der Waals surface area contributed by atoms with E-state index in [2.05, 4.69) is 22.5 Å². The summed E-state index contributed by atoms with van der Waals surface area (Å²) in [4.78, 5) is 16.5. The number of aryl methyl sites for hydroxylation is 1. The zero-order valence-electron chi connectivity index (χ0n) is 13.9. The molecule has 2 N–H and O–H groups in total. The lowest BCUT2D eigenvalue weighted by molar-refractivity contribution is 0.119. The summed E-state index contributed by atoms with van der Waals surface area (Å²) in [6.07, 6.45) is -0.00650. The Hall–Kier alpha value is -1.92. The van der Waals surface area contributed by atoms with Gasteiger partial charge in [0.15, 0.2) is 0 Å². The predicted octanol–water partition coefficient (Wildman–Crippen LogP) is 4.08. The number of ether oxygens (including phenoxy) is 1. The molecule has 1 heterocycles. The van der Waals surface area contributed by atoms with Gasteiger partial charge in [-0.2, -0.15) is 0 Å². The lowest BCUT2D eigenvalue weighted by atomic mass is 10.1. The summed E-state index contributed by atoms with van der Waals surface area (Å²) in [5.74, 6) is 0.194. The first-order valence-electron chi connectivity index (χ1n) is 7.59. The number of hydrogen-bond acceptors (Lipinski definition) is 4. The van der Waals surface area contributed by atoms with Crippen molar-refractivity contribution >= 4 is 23.1 Å². The van der Waals surface area contributed by atoms with Gasteiger partial charge in [0.25, 0.3) is 0 Å². The number of amides is 2. The number of nitrogens with one attached hydrogen (secondary N) is 2. The maximum atomic E-state index is 12.0. The Balaban J connectivity index is 1.87. The SMILES string of the molecule is CO[C@@H](C)c1cccc(NC(=O)NC[C@@H](C)c2nc(C)cs2)c1. The van der Waals surface area contributed by atoms with Gasteiger partial charge in [-0.1, -0.05) is 19.1 Å². The molecule has 0 aliphatic carbocycles. The highest BCUT2D eigenvalue weighted by Gasteiger charge is 2.11. The molecule has 5 nitrogen and oxygen atoms in total. The van der Waals surface area contributed by atoms with Crippen LogP contribution in [0.15, 0.2) is 29.6 Å². The first kappa shape index (κ1) is 17.4. The number of benzene rings is 1.